The van der Waals surface area contributed by atoms with Crippen molar-refractivity contribution in [2.45, 2.75) is 69.8 Å². The first kappa shape index (κ1) is 17.8. The van der Waals surface area contributed by atoms with E-state index in [-0.39, 0.29) is 11.2 Å². The molecule has 1 aromatic heterocycles. The first-order valence-corrected chi connectivity index (χ1v) is 10.1. The van der Waals surface area contributed by atoms with Crippen molar-refractivity contribution in [3.05, 3.63) is 11.4 Å². The van der Waals surface area contributed by atoms with Crippen molar-refractivity contribution in [3.63, 3.8) is 0 Å². The van der Waals surface area contributed by atoms with Gasteiger partial charge in [-0.25, -0.2) is 4.98 Å². The molecule has 24 heavy (non-hydrogen) atoms. The third-order valence-corrected chi connectivity index (χ3v) is 7.30. The summed E-state index contributed by atoms with van der Waals surface area (Å²) in [5.41, 5.74) is 2.36. The van der Waals surface area contributed by atoms with Gasteiger partial charge >= 0.3 is 0 Å². The zero-order valence-electron chi connectivity index (χ0n) is 15.9. The lowest BCUT2D eigenvalue weighted by Gasteiger charge is -2.31. The summed E-state index contributed by atoms with van der Waals surface area (Å²) in [4.78, 5) is 18.7. The number of hydrogen-bond acceptors (Lipinski definition) is 3. The van der Waals surface area contributed by atoms with Crippen LogP contribution in [0.4, 0.5) is 0 Å². The number of carbonyl (C=O) groups excluding carboxylic acids is 1. The molecule has 134 valence electrons. The van der Waals surface area contributed by atoms with Crippen LogP contribution in [0, 0.1) is 31.6 Å². The maximum absolute atomic E-state index is 12.2. The van der Waals surface area contributed by atoms with Gasteiger partial charge in [-0.2, -0.15) is 0 Å². The average molecular weight is 350 g/mol. The molecule has 0 aliphatic heterocycles. The third-order valence-electron chi connectivity index (χ3n) is 6.24. The molecule has 0 spiro atoms. The summed E-state index contributed by atoms with van der Waals surface area (Å²) < 4.78 is 2.42. The summed E-state index contributed by atoms with van der Waals surface area (Å²) >= 11 is 1.61. The Kier molecular flexibility index (Phi) is 5.01. The maximum Gasteiger partial charge on any atom is 0.235 e. The topological polar surface area (TPSA) is 38.1 Å². The molecular formula is C19H31N3OS. The number of fused-ring (bicyclic) bond motifs is 2. The van der Waals surface area contributed by atoms with Gasteiger partial charge < -0.3 is 9.47 Å². The van der Waals surface area contributed by atoms with E-state index >= 15 is 0 Å². The molecule has 0 unspecified atom stereocenters. The van der Waals surface area contributed by atoms with E-state index in [9.17, 15) is 4.79 Å². The Morgan fingerprint density at radius 1 is 1.25 bits per heavy atom. The van der Waals surface area contributed by atoms with E-state index in [1.165, 1.54) is 31.4 Å². The van der Waals surface area contributed by atoms with Crippen LogP contribution in [-0.2, 0) is 4.79 Å². The van der Waals surface area contributed by atoms with Crippen LogP contribution >= 0.6 is 11.8 Å². The van der Waals surface area contributed by atoms with Gasteiger partial charge in [0.2, 0.25) is 5.91 Å². The molecule has 5 atom stereocenters. The van der Waals surface area contributed by atoms with Crippen molar-refractivity contribution in [2.75, 3.05) is 14.1 Å². The molecule has 0 N–H and O–H groups in total. The van der Waals surface area contributed by atoms with Gasteiger partial charge in [0, 0.05) is 25.8 Å². The highest BCUT2D eigenvalue weighted by Crippen LogP contribution is 2.52. The van der Waals surface area contributed by atoms with Crippen molar-refractivity contribution in [1.82, 2.24) is 14.5 Å². The Morgan fingerprint density at radius 2 is 1.96 bits per heavy atom. The Hall–Kier alpha value is -0.970. The van der Waals surface area contributed by atoms with Gasteiger partial charge in [-0.1, -0.05) is 18.2 Å². The number of thioether (sulfide) groups is 1. The summed E-state index contributed by atoms with van der Waals surface area (Å²) in [7, 11) is 3.64. The van der Waals surface area contributed by atoms with E-state index in [1.54, 1.807) is 16.7 Å². The molecule has 4 nitrogen and oxygen atoms in total. The molecule has 0 saturated heterocycles. The van der Waals surface area contributed by atoms with Crippen molar-refractivity contribution in [3.8, 4) is 0 Å². The third kappa shape index (κ3) is 3.12. The van der Waals surface area contributed by atoms with Crippen LogP contribution in [0.15, 0.2) is 5.16 Å². The minimum atomic E-state index is -0.104. The molecule has 2 aliphatic carbocycles. The number of carbonyl (C=O) groups is 1. The first-order valence-electron chi connectivity index (χ1n) is 9.22. The molecular weight excluding hydrogens is 318 g/mol. The number of hydrogen-bond donors (Lipinski definition) is 0. The zero-order chi connectivity index (χ0) is 17.6. The minimum absolute atomic E-state index is 0.104. The molecule has 0 aromatic carbocycles. The fraction of sp³-hybridized carbons (Fsp3) is 0.789. The molecule has 0 radical (unpaired) electrons. The maximum atomic E-state index is 12.2. The standard InChI is InChI=1S/C19H31N3OS/c1-11-12(2)22(13(3)17-10-15-7-8-16(17)9-15)19(20-11)24-14(4)18(23)21(5)6/h13-17H,7-10H2,1-6H3/t13-,14+,15-,16-,17+/m0/s1. The van der Waals surface area contributed by atoms with Gasteiger partial charge in [-0.15, -0.1) is 0 Å². The lowest BCUT2D eigenvalue weighted by Crippen LogP contribution is -2.30. The van der Waals surface area contributed by atoms with Crippen molar-refractivity contribution < 1.29 is 4.79 Å². The normalized spacial score (nSPS) is 28.2. The smallest absolute Gasteiger partial charge is 0.235 e. The number of aryl methyl sites for hydroxylation is 1. The van der Waals surface area contributed by atoms with Crippen LogP contribution in [-0.4, -0.2) is 39.7 Å². The molecule has 3 rings (SSSR count). The molecule has 2 saturated carbocycles. The van der Waals surface area contributed by atoms with Crippen molar-refractivity contribution in [2.24, 2.45) is 17.8 Å². The van der Waals surface area contributed by atoms with Crippen LogP contribution in [0.25, 0.3) is 0 Å². The highest BCUT2D eigenvalue weighted by Gasteiger charge is 2.43. The molecule has 2 bridgehead atoms. The fourth-order valence-electron chi connectivity index (χ4n) is 4.81. The predicted octanol–water partition coefficient (Wildman–Crippen LogP) is 4.07. The van der Waals surface area contributed by atoms with Crippen LogP contribution in [0.5, 0.6) is 0 Å². The predicted molar refractivity (Wildman–Crippen MR) is 99.4 cm³/mol. The van der Waals surface area contributed by atoms with E-state index in [0.717, 1.165) is 28.6 Å². The summed E-state index contributed by atoms with van der Waals surface area (Å²) in [6.45, 7) is 8.61. The van der Waals surface area contributed by atoms with Gasteiger partial charge in [-0.3, -0.25) is 4.79 Å². The molecule has 2 fully saturated rings. The summed E-state index contributed by atoms with van der Waals surface area (Å²) in [5.74, 6) is 2.77. The second-order valence-electron chi connectivity index (χ2n) is 8.01. The van der Waals surface area contributed by atoms with Gasteiger partial charge in [0.1, 0.15) is 0 Å². The SMILES string of the molecule is Cc1nc(S[C@H](C)C(=O)N(C)C)n([C@@H](C)[C@H]2C[C@H]3CC[C@H]2C3)c1C. The number of amides is 1. The van der Waals surface area contributed by atoms with Gasteiger partial charge in [-0.05, 0) is 64.7 Å². The molecule has 1 heterocycles. The lowest BCUT2D eigenvalue weighted by atomic mass is 9.84. The van der Waals surface area contributed by atoms with Crippen molar-refractivity contribution in [1.29, 1.82) is 0 Å². The van der Waals surface area contributed by atoms with Gasteiger partial charge in [0.15, 0.2) is 5.16 Å². The molecule has 1 amide bonds. The van der Waals surface area contributed by atoms with E-state index in [4.69, 9.17) is 4.98 Å². The number of imidazole rings is 1. The second-order valence-corrected chi connectivity index (χ2v) is 9.32. The molecule has 2 aliphatic rings. The van der Waals surface area contributed by atoms with Crippen LogP contribution in [0.3, 0.4) is 0 Å². The van der Waals surface area contributed by atoms with Crippen LogP contribution in [0.2, 0.25) is 0 Å². The van der Waals surface area contributed by atoms with E-state index in [0.29, 0.717) is 6.04 Å². The Labute approximate surface area is 150 Å². The largest absolute Gasteiger partial charge is 0.348 e. The Balaban J connectivity index is 1.83. The minimum Gasteiger partial charge on any atom is -0.348 e. The van der Waals surface area contributed by atoms with Gasteiger partial charge in [0.25, 0.3) is 0 Å². The average Bonchev–Trinajstić information content (AvgIpc) is 3.22. The highest BCUT2D eigenvalue weighted by atomic mass is 32.2. The Bertz CT molecular complexity index is 624. The number of nitrogens with zero attached hydrogens (tertiary/aromatic N) is 3. The van der Waals surface area contributed by atoms with E-state index in [2.05, 4.69) is 25.3 Å². The number of rotatable bonds is 5. The van der Waals surface area contributed by atoms with Crippen LogP contribution < -0.4 is 0 Å². The summed E-state index contributed by atoms with van der Waals surface area (Å²) in [5, 5.41) is 0.912. The fourth-order valence-corrected chi connectivity index (χ4v) is 6.04. The highest BCUT2D eigenvalue weighted by molar-refractivity contribution is 8.00. The van der Waals surface area contributed by atoms with E-state index < -0.39 is 0 Å². The summed E-state index contributed by atoms with van der Waals surface area (Å²) in [6, 6.07) is 0.477. The Morgan fingerprint density at radius 3 is 2.50 bits per heavy atom. The quantitative estimate of drug-likeness (QED) is 0.752. The van der Waals surface area contributed by atoms with Crippen LogP contribution in [0.1, 0.15) is 57.0 Å². The molecule has 5 heteroatoms. The lowest BCUT2D eigenvalue weighted by molar-refractivity contribution is -0.127. The summed E-state index contributed by atoms with van der Waals surface area (Å²) in [6.07, 6.45) is 5.65. The second kappa shape index (κ2) is 6.74. The zero-order valence-corrected chi connectivity index (χ0v) is 16.7. The molecule has 1 aromatic rings. The monoisotopic (exact) mass is 349 g/mol. The number of aromatic nitrogens is 2. The van der Waals surface area contributed by atoms with Gasteiger partial charge in [0.05, 0.1) is 10.9 Å². The van der Waals surface area contributed by atoms with E-state index in [1.807, 2.05) is 21.0 Å². The first-order chi connectivity index (χ1) is 11.3. The van der Waals surface area contributed by atoms with Crippen molar-refractivity contribution >= 4 is 17.7 Å².